The third-order valence-corrected chi connectivity index (χ3v) is 2.74. The van der Waals surface area contributed by atoms with Crippen molar-refractivity contribution < 1.29 is 41.0 Å². The maximum Gasteiger partial charge on any atom is 0.471 e. The molecule has 1 aromatic carbocycles. The van der Waals surface area contributed by atoms with Crippen LogP contribution in [-0.4, -0.2) is 35.1 Å². The number of alkyl halides is 6. The Balaban J connectivity index is 3.41. The number of benzene rings is 1. The zero-order chi connectivity index (χ0) is 17.3. The fourth-order valence-electron chi connectivity index (χ4n) is 1.82. The predicted molar refractivity (Wildman–Crippen MR) is 60.6 cm³/mol. The molecular weight excluding hydrogens is 320 g/mol. The van der Waals surface area contributed by atoms with E-state index in [-0.39, 0.29) is 4.90 Å². The molecule has 1 aromatic rings. The standard InChI is InChI=1S/C12H9F6NO3/c1-19(10(22)12(16,17)18)8(9(20)21)6-4-2-3-5-7(6)11(13,14)15/h2-5,8H,1H3,(H,20,21). The first-order chi connectivity index (χ1) is 9.87. The number of carboxylic acid groups (broad SMARTS) is 1. The third kappa shape index (κ3) is 3.68. The highest BCUT2D eigenvalue weighted by Gasteiger charge is 2.47. The number of amides is 1. The third-order valence-electron chi connectivity index (χ3n) is 2.74. The summed E-state index contributed by atoms with van der Waals surface area (Å²) in [6, 6.07) is 0.800. The van der Waals surface area contributed by atoms with Crippen LogP contribution in [-0.2, 0) is 15.8 Å². The summed E-state index contributed by atoms with van der Waals surface area (Å²) < 4.78 is 75.7. The van der Waals surface area contributed by atoms with Gasteiger partial charge in [0.2, 0.25) is 0 Å². The fourth-order valence-corrected chi connectivity index (χ4v) is 1.82. The topological polar surface area (TPSA) is 57.6 Å². The van der Waals surface area contributed by atoms with Crippen molar-refractivity contribution in [1.82, 2.24) is 4.90 Å². The largest absolute Gasteiger partial charge is 0.479 e. The number of likely N-dealkylation sites (N-methyl/N-ethyl adjacent to an activating group) is 1. The summed E-state index contributed by atoms with van der Waals surface area (Å²) in [5, 5.41) is 8.97. The summed E-state index contributed by atoms with van der Waals surface area (Å²) in [5.41, 5.74) is -2.38. The van der Waals surface area contributed by atoms with Gasteiger partial charge < -0.3 is 10.0 Å². The zero-order valence-corrected chi connectivity index (χ0v) is 10.9. The Kier molecular flexibility index (Phi) is 4.73. The molecule has 22 heavy (non-hydrogen) atoms. The van der Waals surface area contributed by atoms with Gasteiger partial charge in [-0.3, -0.25) is 4.79 Å². The van der Waals surface area contributed by atoms with E-state index < -0.39 is 41.4 Å². The molecule has 1 rings (SSSR count). The van der Waals surface area contributed by atoms with Gasteiger partial charge in [-0.05, 0) is 11.6 Å². The molecule has 0 radical (unpaired) electrons. The fraction of sp³-hybridized carbons (Fsp3) is 0.333. The second kappa shape index (κ2) is 5.85. The molecule has 0 spiro atoms. The number of hydrogen-bond acceptors (Lipinski definition) is 2. The van der Waals surface area contributed by atoms with Crippen LogP contribution in [0.25, 0.3) is 0 Å². The lowest BCUT2D eigenvalue weighted by atomic mass is 9.98. The molecule has 0 aliphatic heterocycles. The van der Waals surface area contributed by atoms with Crippen molar-refractivity contribution in [3.05, 3.63) is 35.4 Å². The lowest BCUT2D eigenvalue weighted by Crippen LogP contribution is -2.43. The van der Waals surface area contributed by atoms with Crippen molar-refractivity contribution in [1.29, 1.82) is 0 Å². The van der Waals surface area contributed by atoms with Gasteiger partial charge >= 0.3 is 24.2 Å². The minimum Gasteiger partial charge on any atom is -0.479 e. The number of hydrogen-bond donors (Lipinski definition) is 1. The van der Waals surface area contributed by atoms with E-state index in [2.05, 4.69) is 0 Å². The molecule has 0 fully saturated rings. The van der Waals surface area contributed by atoms with Crippen LogP contribution in [0.2, 0.25) is 0 Å². The van der Waals surface area contributed by atoms with Crippen LogP contribution in [0, 0.1) is 0 Å². The molecule has 0 aliphatic rings. The van der Waals surface area contributed by atoms with Gasteiger partial charge in [-0.15, -0.1) is 0 Å². The zero-order valence-electron chi connectivity index (χ0n) is 10.9. The van der Waals surface area contributed by atoms with Crippen LogP contribution in [0.3, 0.4) is 0 Å². The molecule has 0 saturated carbocycles. The van der Waals surface area contributed by atoms with Crippen LogP contribution in [0.4, 0.5) is 26.3 Å². The van der Waals surface area contributed by atoms with Crippen molar-refractivity contribution in [2.24, 2.45) is 0 Å². The van der Waals surface area contributed by atoms with E-state index in [1.807, 2.05) is 0 Å². The van der Waals surface area contributed by atoms with E-state index in [1.165, 1.54) is 0 Å². The first-order valence-corrected chi connectivity index (χ1v) is 5.60. The van der Waals surface area contributed by atoms with Crippen LogP contribution >= 0.6 is 0 Å². The molecule has 1 amide bonds. The second-order valence-electron chi connectivity index (χ2n) is 4.24. The molecule has 0 heterocycles. The lowest BCUT2D eigenvalue weighted by molar-refractivity contribution is -0.188. The molecule has 0 bridgehead atoms. The number of rotatable bonds is 3. The lowest BCUT2D eigenvalue weighted by Gasteiger charge is -2.27. The van der Waals surface area contributed by atoms with Gasteiger partial charge in [0.05, 0.1) is 5.56 Å². The van der Waals surface area contributed by atoms with E-state index >= 15 is 0 Å². The van der Waals surface area contributed by atoms with Crippen LogP contribution in [0.1, 0.15) is 17.2 Å². The summed E-state index contributed by atoms with van der Waals surface area (Å²) >= 11 is 0. The van der Waals surface area contributed by atoms with Gasteiger partial charge in [0, 0.05) is 7.05 Å². The SMILES string of the molecule is CN(C(=O)C(F)(F)F)C(C(=O)O)c1ccccc1C(F)(F)F. The molecule has 0 aliphatic carbocycles. The highest BCUT2D eigenvalue weighted by molar-refractivity contribution is 5.87. The van der Waals surface area contributed by atoms with Gasteiger partial charge in [0.25, 0.3) is 0 Å². The van der Waals surface area contributed by atoms with E-state index in [1.54, 1.807) is 0 Å². The van der Waals surface area contributed by atoms with Gasteiger partial charge in [-0.1, -0.05) is 18.2 Å². The maximum absolute atomic E-state index is 12.9. The van der Waals surface area contributed by atoms with Crippen molar-refractivity contribution in [3.63, 3.8) is 0 Å². The van der Waals surface area contributed by atoms with Crippen LogP contribution in [0.5, 0.6) is 0 Å². The number of carbonyl (C=O) groups excluding carboxylic acids is 1. The highest BCUT2D eigenvalue weighted by atomic mass is 19.4. The minimum atomic E-state index is -5.41. The van der Waals surface area contributed by atoms with E-state index in [9.17, 15) is 35.9 Å². The first-order valence-electron chi connectivity index (χ1n) is 5.60. The van der Waals surface area contributed by atoms with E-state index in [0.717, 1.165) is 12.1 Å². The predicted octanol–water partition coefficient (Wildman–Crippen LogP) is 2.85. The van der Waals surface area contributed by atoms with E-state index in [4.69, 9.17) is 5.11 Å². The average molecular weight is 329 g/mol. The Morgan fingerprint density at radius 2 is 1.59 bits per heavy atom. The Morgan fingerprint density at radius 1 is 1.09 bits per heavy atom. The maximum atomic E-state index is 12.9. The van der Waals surface area contributed by atoms with Crippen LogP contribution < -0.4 is 0 Å². The quantitative estimate of drug-likeness (QED) is 0.868. The first kappa shape index (κ1) is 17.8. The van der Waals surface area contributed by atoms with Crippen molar-refractivity contribution in [3.8, 4) is 0 Å². The number of carboxylic acids is 1. The normalized spacial score (nSPS) is 13.6. The number of halogens is 6. The van der Waals surface area contributed by atoms with Gasteiger partial charge in [-0.25, -0.2) is 4.79 Å². The molecule has 10 heteroatoms. The smallest absolute Gasteiger partial charge is 0.471 e. The highest BCUT2D eigenvalue weighted by Crippen LogP contribution is 2.37. The van der Waals surface area contributed by atoms with Gasteiger partial charge in [0.1, 0.15) is 0 Å². The van der Waals surface area contributed by atoms with Crippen LogP contribution in [0.15, 0.2) is 24.3 Å². The summed E-state index contributed by atoms with van der Waals surface area (Å²) in [6.45, 7) is 0. The molecule has 1 unspecified atom stereocenters. The van der Waals surface area contributed by atoms with Gasteiger partial charge in [0.15, 0.2) is 6.04 Å². The molecular formula is C12H9F6NO3. The van der Waals surface area contributed by atoms with Gasteiger partial charge in [-0.2, -0.15) is 26.3 Å². The Labute approximate surface area is 119 Å². The summed E-state index contributed by atoms with van der Waals surface area (Å²) in [6.07, 6.45) is -10.4. The molecule has 1 atom stereocenters. The molecule has 0 saturated heterocycles. The molecule has 1 N–H and O–H groups in total. The molecule has 122 valence electrons. The monoisotopic (exact) mass is 329 g/mol. The van der Waals surface area contributed by atoms with E-state index in [0.29, 0.717) is 19.2 Å². The number of carbonyl (C=O) groups is 2. The Hall–Kier alpha value is -2.26. The van der Waals surface area contributed by atoms with Crippen molar-refractivity contribution in [2.75, 3.05) is 7.05 Å². The summed E-state index contributed by atoms with van der Waals surface area (Å²) in [5.74, 6) is -4.58. The van der Waals surface area contributed by atoms with Crippen molar-refractivity contribution >= 4 is 11.9 Å². The number of nitrogens with zero attached hydrogens (tertiary/aromatic N) is 1. The average Bonchev–Trinajstić information content (AvgIpc) is 2.35. The Morgan fingerprint density at radius 3 is 2.00 bits per heavy atom. The second-order valence-corrected chi connectivity index (χ2v) is 4.24. The summed E-state index contributed by atoms with van der Waals surface area (Å²) in [7, 11) is 0.474. The molecule has 4 nitrogen and oxygen atoms in total. The summed E-state index contributed by atoms with van der Waals surface area (Å²) in [4.78, 5) is 21.9. The minimum absolute atomic E-state index is 0.285. The van der Waals surface area contributed by atoms with Crippen molar-refractivity contribution in [2.45, 2.75) is 18.4 Å². The Bertz CT molecular complexity index is 581. The molecule has 0 aromatic heterocycles. The number of aliphatic carboxylic acids is 1.